The number of piperazine rings is 1. The number of aryl methyl sites for hydroxylation is 1. The van der Waals surface area contributed by atoms with E-state index >= 15 is 0 Å². The standard InChI is InChI=1S/C20H19FN4O2/c1-14-2-4-15(5-3-14)18-22-23-19(27-18)20(26)25-12-10-24(11-13-25)17-8-6-16(21)7-9-17/h2-9H,10-13H2,1H3. The lowest BCUT2D eigenvalue weighted by atomic mass is 10.1. The first kappa shape index (κ1) is 17.2. The largest absolute Gasteiger partial charge is 0.412 e. The average Bonchev–Trinajstić information content (AvgIpc) is 3.19. The van der Waals surface area contributed by atoms with Gasteiger partial charge in [-0.05, 0) is 43.3 Å². The molecular formula is C20H19FN4O2. The van der Waals surface area contributed by atoms with Crippen molar-refractivity contribution in [2.24, 2.45) is 0 Å². The first-order valence-corrected chi connectivity index (χ1v) is 8.80. The van der Waals surface area contributed by atoms with Crippen molar-refractivity contribution >= 4 is 11.6 Å². The number of aromatic nitrogens is 2. The van der Waals surface area contributed by atoms with Crippen molar-refractivity contribution in [2.75, 3.05) is 31.1 Å². The molecule has 1 aliphatic heterocycles. The van der Waals surface area contributed by atoms with E-state index in [9.17, 15) is 9.18 Å². The maximum Gasteiger partial charge on any atom is 0.311 e. The van der Waals surface area contributed by atoms with Crippen LogP contribution in [0.2, 0.25) is 0 Å². The monoisotopic (exact) mass is 366 g/mol. The molecule has 0 N–H and O–H groups in total. The summed E-state index contributed by atoms with van der Waals surface area (Å²) >= 11 is 0. The summed E-state index contributed by atoms with van der Waals surface area (Å²) in [6.45, 7) is 4.40. The molecule has 1 amide bonds. The second-order valence-corrected chi connectivity index (χ2v) is 6.53. The van der Waals surface area contributed by atoms with Crippen molar-refractivity contribution in [1.82, 2.24) is 15.1 Å². The van der Waals surface area contributed by atoms with Crippen LogP contribution in [-0.4, -0.2) is 47.2 Å². The Labute approximate surface area is 156 Å². The predicted octanol–water partition coefficient (Wildman–Crippen LogP) is 3.15. The Kier molecular flexibility index (Phi) is 4.58. The molecule has 0 saturated carbocycles. The maximum absolute atomic E-state index is 13.1. The van der Waals surface area contributed by atoms with E-state index in [-0.39, 0.29) is 17.6 Å². The second kappa shape index (κ2) is 7.19. The normalized spacial score (nSPS) is 14.4. The number of hydrogen-bond acceptors (Lipinski definition) is 5. The summed E-state index contributed by atoms with van der Waals surface area (Å²) in [5.41, 5.74) is 2.87. The van der Waals surface area contributed by atoms with Crippen LogP contribution in [0.25, 0.3) is 11.5 Å². The van der Waals surface area contributed by atoms with Crippen LogP contribution in [0.4, 0.5) is 10.1 Å². The molecule has 0 unspecified atom stereocenters. The number of carbonyl (C=O) groups is 1. The van der Waals surface area contributed by atoms with Gasteiger partial charge in [-0.1, -0.05) is 17.7 Å². The van der Waals surface area contributed by atoms with Gasteiger partial charge >= 0.3 is 11.8 Å². The number of amides is 1. The molecular weight excluding hydrogens is 347 g/mol. The van der Waals surface area contributed by atoms with Crippen LogP contribution >= 0.6 is 0 Å². The highest BCUT2D eigenvalue weighted by molar-refractivity contribution is 5.90. The lowest BCUT2D eigenvalue weighted by molar-refractivity contribution is 0.0707. The van der Waals surface area contributed by atoms with Gasteiger partial charge in [0.2, 0.25) is 5.89 Å². The van der Waals surface area contributed by atoms with E-state index in [0.717, 1.165) is 16.8 Å². The third-order valence-electron chi connectivity index (χ3n) is 4.67. The Morgan fingerprint density at radius 3 is 2.30 bits per heavy atom. The Morgan fingerprint density at radius 1 is 0.963 bits per heavy atom. The van der Waals surface area contributed by atoms with Crippen molar-refractivity contribution in [1.29, 1.82) is 0 Å². The van der Waals surface area contributed by atoms with Gasteiger partial charge in [-0.15, -0.1) is 10.2 Å². The molecule has 1 saturated heterocycles. The summed E-state index contributed by atoms with van der Waals surface area (Å²) in [5, 5.41) is 7.91. The highest BCUT2D eigenvalue weighted by Crippen LogP contribution is 2.20. The maximum atomic E-state index is 13.1. The van der Waals surface area contributed by atoms with Gasteiger partial charge < -0.3 is 14.2 Å². The molecule has 0 aliphatic carbocycles. The van der Waals surface area contributed by atoms with Crippen LogP contribution in [-0.2, 0) is 0 Å². The number of nitrogens with zero attached hydrogens (tertiary/aromatic N) is 4. The fraction of sp³-hybridized carbons (Fsp3) is 0.250. The lowest BCUT2D eigenvalue weighted by Crippen LogP contribution is -2.48. The summed E-state index contributed by atoms with van der Waals surface area (Å²) in [5.74, 6) is -0.183. The zero-order valence-corrected chi connectivity index (χ0v) is 14.9. The third-order valence-corrected chi connectivity index (χ3v) is 4.67. The SMILES string of the molecule is Cc1ccc(-c2nnc(C(=O)N3CCN(c4ccc(F)cc4)CC3)o2)cc1. The molecule has 4 rings (SSSR count). The third kappa shape index (κ3) is 3.67. The number of hydrogen-bond donors (Lipinski definition) is 0. The van der Waals surface area contributed by atoms with Gasteiger partial charge in [-0.3, -0.25) is 4.79 Å². The zero-order chi connectivity index (χ0) is 18.8. The quantitative estimate of drug-likeness (QED) is 0.713. The molecule has 3 aromatic rings. The second-order valence-electron chi connectivity index (χ2n) is 6.53. The molecule has 7 heteroatoms. The molecule has 27 heavy (non-hydrogen) atoms. The van der Waals surface area contributed by atoms with E-state index in [2.05, 4.69) is 15.1 Å². The van der Waals surface area contributed by atoms with Crippen molar-refractivity contribution in [2.45, 2.75) is 6.92 Å². The number of anilines is 1. The molecule has 1 aliphatic rings. The highest BCUT2D eigenvalue weighted by Gasteiger charge is 2.26. The molecule has 1 fully saturated rings. The van der Waals surface area contributed by atoms with Crippen LogP contribution in [0.5, 0.6) is 0 Å². The Balaban J connectivity index is 1.41. The minimum atomic E-state index is -0.264. The molecule has 1 aromatic heterocycles. The molecule has 138 valence electrons. The number of benzene rings is 2. The van der Waals surface area contributed by atoms with Gasteiger partial charge in [0.25, 0.3) is 0 Å². The minimum absolute atomic E-state index is 0.000747. The molecule has 0 bridgehead atoms. The molecule has 0 radical (unpaired) electrons. The first-order chi connectivity index (χ1) is 13.1. The highest BCUT2D eigenvalue weighted by atomic mass is 19.1. The summed E-state index contributed by atoms with van der Waals surface area (Å²) in [7, 11) is 0. The Bertz CT molecular complexity index is 929. The predicted molar refractivity (Wildman–Crippen MR) is 99.0 cm³/mol. The first-order valence-electron chi connectivity index (χ1n) is 8.80. The van der Waals surface area contributed by atoms with E-state index in [1.54, 1.807) is 17.0 Å². The Morgan fingerprint density at radius 2 is 1.63 bits per heavy atom. The van der Waals surface area contributed by atoms with E-state index in [0.29, 0.717) is 32.1 Å². The fourth-order valence-corrected chi connectivity index (χ4v) is 3.08. The van der Waals surface area contributed by atoms with Gasteiger partial charge in [0.15, 0.2) is 0 Å². The van der Waals surface area contributed by atoms with Gasteiger partial charge in [0.05, 0.1) is 0 Å². The molecule has 2 aromatic carbocycles. The summed E-state index contributed by atoms with van der Waals surface area (Å²) in [6.07, 6.45) is 0. The van der Waals surface area contributed by atoms with E-state index in [1.165, 1.54) is 12.1 Å². The number of halogens is 1. The minimum Gasteiger partial charge on any atom is -0.412 e. The zero-order valence-electron chi connectivity index (χ0n) is 14.9. The average molecular weight is 366 g/mol. The topological polar surface area (TPSA) is 62.5 Å². The molecule has 2 heterocycles. The van der Waals surface area contributed by atoms with Crippen molar-refractivity contribution in [3.05, 3.63) is 65.8 Å². The lowest BCUT2D eigenvalue weighted by Gasteiger charge is -2.35. The van der Waals surface area contributed by atoms with Crippen LogP contribution in [0, 0.1) is 12.7 Å². The van der Waals surface area contributed by atoms with Gasteiger partial charge in [0, 0.05) is 37.4 Å². The van der Waals surface area contributed by atoms with E-state index in [4.69, 9.17) is 4.42 Å². The fourth-order valence-electron chi connectivity index (χ4n) is 3.08. The van der Waals surface area contributed by atoms with Crippen molar-refractivity contribution in [3.63, 3.8) is 0 Å². The van der Waals surface area contributed by atoms with E-state index < -0.39 is 0 Å². The summed E-state index contributed by atoms with van der Waals surface area (Å²) in [4.78, 5) is 16.5. The number of carbonyl (C=O) groups excluding carboxylic acids is 1. The molecule has 0 atom stereocenters. The summed E-state index contributed by atoms with van der Waals surface area (Å²) < 4.78 is 18.6. The van der Waals surface area contributed by atoms with Crippen LogP contribution in [0.3, 0.4) is 0 Å². The van der Waals surface area contributed by atoms with Crippen molar-refractivity contribution < 1.29 is 13.6 Å². The number of rotatable bonds is 3. The van der Waals surface area contributed by atoms with E-state index in [1.807, 2.05) is 31.2 Å². The van der Waals surface area contributed by atoms with Gasteiger partial charge in [0.1, 0.15) is 5.82 Å². The van der Waals surface area contributed by atoms with Crippen LogP contribution in [0.15, 0.2) is 52.9 Å². The summed E-state index contributed by atoms with van der Waals surface area (Å²) in [6, 6.07) is 14.1. The Hall–Kier alpha value is -3.22. The van der Waals surface area contributed by atoms with Gasteiger partial charge in [-0.2, -0.15) is 0 Å². The van der Waals surface area contributed by atoms with Crippen molar-refractivity contribution in [3.8, 4) is 11.5 Å². The molecule has 6 nitrogen and oxygen atoms in total. The van der Waals surface area contributed by atoms with Crippen LogP contribution in [0.1, 0.15) is 16.2 Å². The molecule has 0 spiro atoms. The van der Waals surface area contributed by atoms with Crippen LogP contribution < -0.4 is 4.90 Å². The smallest absolute Gasteiger partial charge is 0.311 e. The van der Waals surface area contributed by atoms with Gasteiger partial charge in [-0.25, -0.2) is 4.39 Å².